The summed E-state index contributed by atoms with van der Waals surface area (Å²) in [5, 5.41) is 11.9. The van der Waals surface area contributed by atoms with Gasteiger partial charge in [-0.05, 0) is 17.9 Å². The van der Waals surface area contributed by atoms with Crippen molar-refractivity contribution in [3.05, 3.63) is 42.2 Å². The number of aliphatic hydroxyl groups excluding tert-OH is 1. The molecule has 0 aliphatic carbocycles. The zero-order chi connectivity index (χ0) is 10.8. The average Bonchev–Trinajstić information content (AvgIpc) is 2.27. The van der Waals surface area contributed by atoms with E-state index in [1.54, 1.807) is 0 Å². The first-order chi connectivity index (χ1) is 7.20. The van der Waals surface area contributed by atoms with Crippen molar-refractivity contribution in [3.63, 3.8) is 0 Å². The van der Waals surface area contributed by atoms with Gasteiger partial charge in [-0.15, -0.1) is 0 Å². The fraction of sp³-hybridized carbons (Fsp3) is 0.308. The normalized spacial score (nSPS) is 15.1. The Balaban J connectivity index is 2.60. The van der Waals surface area contributed by atoms with Crippen LogP contribution >= 0.6 is 0 Å². The van der Waals surface area contributed by atoms with E-state index in [1.165, 1.54) is 5.39 Å². The van der Waals surface area contributed by atoms with Crippen LogP contribution in [-0.2, 0) is 0 Å². The molecule has 0 aliphatic heterocycles. The highest BCUT2D eigenvalue weighted by Gasteiger charge is 2.14. The Labute approximate surface area is 89.6 Å². The quantitative estimate of drug-likeness (QED) is 0.810. The summed E-state index contributed by atoms with van der Waals surface area (Å²) in [5.41, 5.74) is 1.11. The zero-order valence-electron chi connectivity index (χ0n) is 9.01. The molecule has 0 aliphatic rings. The van der Waals surface area contributed by atoms with Gasteiger partial charge in [0, 0.05) is 23.7 Å². The van der Waals surface area contributed by atoms with Gasteiger partial charge in [-0.25, -0.2) is 0 Å². The van der Waals surface area contributed by atoms with Gasteiger partial charge in [0.2, 0.25) is 0 Å². The van der Waals surface area contributed by atoms with Crippen molar-refractivity contribution in [1.29, 1.82) is 0 Å². The monoisotopic (exact) mass is 201 g/mol. The summed E-state index contributed by atoms with van der Waals surface area (Å²) in [7, 11) is 0. The van der Waals surface area contributed by atoms with Crippen molar-refractivity contribution < 1.29 is 5.11 Å². The van der Waals surface area contributed by atoms with Gasteiger partial charge in [0.25, 0.3) is 0 Å². The molecule has 2 unspecified atom stereocenters. The minimum absolute atomic E-state index is 0.114. The van der Waals surface area contributed by atoms with E-state index in [0.29, 0.717) is 0 Å². The Hall–Kier alpha value is -1.41. The third-order valence-electron chi connectivity index (χ3n) is 2.91. The van der Waals surface area contributed by atoms with Gasteiger partial charge >= 0.3 is 0 Å². The van der Waals surface area contributed by atoms with Crippen molar-refractivity contribution in [2.75, 3.05) is 0 Å². The van der Waals surface area contributed by atoms with Crippen molar-refractivity contribution in [1.82, 2.24) is 4.98 Å². The number of benzene rings is 1. The number of hydrogen-bond donors (Lipinski definition) is 1. The first kappa shape index (κ1) is 10.1. The second kappa shape index (κ2) is 3.99. The van der Waals surface area contributed by atoms with Gasteiger partial charge in [-0.3, -0.25) is 4.98 Å². The van der Waals surface area contributed by atoms with Crippen molar-refractivity contribution >= 4 is 10.8 Å². The molecule has 1 heterocycles. The highest BCUT2D eigenvalue weighted by atomic mass is 16.3. The minimum atomic E-state index is -0.349. The predicted molar refractivity (Wildman–Crippen MR) is 61.8 cm³/mol. The van der Waals surface area contributed by atoms with Gasteiger partial charge in [0.15, 0.2) is 0 Å². The van der Waals surface area contributed by atoms with E-state index in [9.17, 15) is 5.11 Å². The number of hydrogen-bond acceptors (Lipinski definition) is 2. The number of pyridine rings is 1. The van der Waals surface area contributed by atoms with E-state index in [1.807, 2.05) is 44.4 Å². The Morgan fingerprint density at radius 3 is 2.60 bits per heavy atom. The van der Waals surface area contributed by atoms with Crippen LogP contribution in [0.15, 0.2) is 36.7 Å². The lowest BCUT2D eigenvalue weighted by Crippen LogP contribution is -2.11. The third kappa shape index (κ3) is 1.85. The first-order valence-corrected chi connectivity index (χ1v) is 5.21. The Morgan fingerprint density at radius 1 is 1.13 bits per heavy atom. The summed E-state index contributed by atoms with van der Waals surface area (Å²) >= 11 is 0. The molecule has 15 heavy (non-hydrogen) atoms. The lowest BCUT2D eigenvalue weighted by molar-refractivity contribution is 0.169. The molecule has 1 aromatic heterocycles. The average molecular weight is 201 g/mol. The Morgan fingerprint density at radius 2 is 1.87 bits per heavy atom. The molecule has 0 saturated carbocycles. The fourth-order valence-corrected chi connectivity index (χ4v) is 1.76. The van der Waals surface area contributed by atoms with Gasteiger partial charge in [-0.1, -0.05) is 31.2 Å². The number of aliphatic hydroxyl groups is 1. The standard InChI is InChI=1S/C13H15NO/c1-9(10(2)15)13-8-14-7-11-5-3-4-6-12(11)13/h3-10,15H,1-2H3. The van der Waals surface area contributed by atoms with Crippen molar-refractivity contribution in [3.8, 4) is 0 Å². The molecular weight excluding hydrogens is 186 g/mol. The molecular formula is C13H15NO. The van der Waals surface area contributed by atoms with Gasteiger partial charge < -0.3 is 5.11 Å². The Bertz CT molecular complexity index is 460. The molecule has 0 radical (unpaired) electrons. The fourth-order valence-electron chi connectivity index (χ4n) is 1.76. The summed E-state index contributed by atoms with van der Waals surface area (Å²) in [6.45, 7) is 3.83. The summed E-state index contributed by atoms with van der Waals surface area (Å²) < 4.78 is 0. The molecule has 0 fully saturated rings. The van der Waals surface area contributed by atoms with Crippen LogP contribution in [-0.4, -0.2) is 16.2 Å². The maximum absolute atomic E-state index is 9.61. The van der Waals surface area contributed by atoms with Crippen LogP contribution in [0.5, 0.6) is 0 Å². The van der Waals surface area contributed by atoms with Crippen LogP contribution in [0.25, 0.3) is 10.8 Å². The number of rotatable bonds is 2. The van der Waals surface area contributed by atoms with Crippen LogP contribution in [0.1, 0.15) is 25.3 Å². The number of fused-ring (bicyclic) bond motifs is 1. The summed E-state index contributed by atoms with van der Waals surface area (Å²) in [5.74, 6) is 0.114. The summed E-state index contributed by atoms with van der Waals surface area (Å²) in [6.07, 6.45) is 3.35. The molecule has 78 valence electrons. The van der Waals surface area contributed by atoms with E-state index in [-0.39, 0.29) is 12.0 Å². The van der Waals surface area contributed by atoms with Crippen LogP contribution in [0.2, 0.25) is 0 Å². The van der Waals surface area contributed by atoms with Crippen LogP contribution in [0.4, 0.5) is 0 Å². The van der Waals surface area contributed by atoms with Crippen molar-refractivity contribution in [2.24, 2.45) is 0 Å². The lowest BCUT2D eigenvalue weighted by Gasteiger charge is -2.16. The SMILES string of the molecule is CC(O)C(C)c1cncc2ccccc12. The smallest absolute Gasteiger partial charge is 0.0578 e. The molecule has 1 N–H and O–H groups in total. The largest absolute Gasteiger partial charge is 0.393 e. The highest BCUT2D eigenvalue weighted by molar-refractivity contribution is 5.85. The van der Waals surface area contributed by atoms with Crippen LogP contribution in [0.3, 0.4) is 0 Å². The van der Waals surface area contributed by atoms with E-state index in [0.717, 1.165) is 10.9 Å². The van der Waals surface area contributed by atoms with E-state index in [4.69, 9.17) is 0 Å². The molecule has 1 aromatic carbocycles. The van der Waals surface area contributed by atoms with E-state index in [2.05, 4.69) is 11.1 Å². The lowest BCUT2D eigenvalue weighted by atomic mass is 9.93. The maximum Gasteiger partial charge on any atom is 0.0578 e. The first-order valence-electron chi connectivity index (χ1n) is 5.21. The van der Waals surface area contributed by atoms with Crippen LogP contribution < -0.4 is 0 Å². The predicted octanol–water partition coefficient (Wildman–Crippen LogP) is 2.72. The van der Waals surface area contributed by atoms with Gasteiger partial charge in [0.1, 0.15) is 0 Å². The van der Waals surface area contributed by atoms with Gasteiger partial charge in [-0.2, -0.15) is 0 Å². The zero-order valence-corrected chi connectivity index (χ0v) is 9.01. The van der Waals surface area contributed by atoms with Gasteiger partial charge in [0.05, 0.1) is 6.10 Å². The van der Waals surface area contributed by atoms with E-state index < -0.39 is 0 Å². The second-order valence-electron chi connectivity index (χ2n) is 3.98. The second-order valence-corrected chi connectivity index (χ2v) is 3.98. The topological polar surface area (TPSA) is 33.1 Å². The number of nitrogens with zero attached hydrogens (tertiary/aromatic N) is 1. The maximum atomic E-state index is 9.61. The molecule has 0 amide bonds. The summed E-state index contributed by atoms with van der Waals surface area (Å²) in [6, 6.07) is 8.13. The molecule has 2 heteroatoms. The third-order valence-corrected chi connectivity index (χ3v) is 2.91. The highest BCUT2D eigenvalue weighted by Crippen LogP contribution is 2.26. The van der Waals surface area contributed by atoms with Crippen LogP contribution in [0, 0.1) is 0 Å². The molecule has 2 nitrogen and oxygen atoms in total. The van der Waals surface area contributed by atoms with E-state index >= 15 is 0 Å². The molecule has 2 aromatic rings. The molecule has 2 atom stereocenters. The Kier molecular flexibility index (Phi) is 2.69. The minimum Gasteiger partial charge on any atom is -0.393 e. The summed E-state index contributed by atoms with van der Waals surface area (Å²) in [4.78, 5) is 4.21. The molecule has 0 bridgehead atoms. The van der Waals surface area contributed by atoms with Crippen molar-refractivity contribution in [2.45, 2.75) is 25.9 Å². The molecule has 2 rings (SSSR count). The molecule has 0 spiro atoms. The number of aromatic nitrogens is 1. The molecule has 0 saturated heterocycles.